The van der Waals surface area contributed by atoms with Gasteiger partial charge >= 0.3 is 0 Å². The molecule has 2 aromatic carbocycles. The molecule has 0 saturated carbocycles. The van der Waals surface area contributed by atoms with E-state index in [2.05, 4.69) is 10.3 Å². The third kappa shape index (κ3) is 5.52. The van der Waals surface area contributed by atoms with E-state index in [0.717, 1.165) is 22.0 Å². The third-order valence-corrected chi connectivity index (χ3v) is 8.25. The predicted molar refractivity (Wildman–Crippen MR) is 140 cm³/mol. The van der Waals surface area contributed by atoms with Crippen LogP contribution in [-0.2, 0) is 26.2 Å². The van der Waals surface area contributed by atoms with Gasteiger partial charge in [-0.3, -0.25) is 18.9 Å². The molecule has 0 unspecified atom stereocenters. The van der Waals surface area contributed by atoms with E-state index in [9.17, 15) is 18.0 Å². The highest BCUT2D eigenvalue weighted by molar-refractivity contribution is 7.92. The zero-order valence-corrected chi connectivity index (χ0v) is 21.6. The standard InChI is InChI=1S/C26H27ClN4O4S/c1-18-8-12-22(13-9-18)36(34,35)31(24-6-3-5-23(27)19(24)2)17-25(32)29-15-20-10-11-21(16-28-20)30-14-4-7-26(30)33/h3,5-6,8-13,16H,4,7,14-15,17H2,1-2H3,(H,29,32). The molecule has 188 valence electrons. The second-order valence-corrected chi connectivity index (χ2v) is 10.9. The molecule has 1 N–H and O–H groups in total. The van der Waals surface area contributed by atoms with Gasteiger partial charge in [-0.25, -0.2) is 8.42 Å². The average molecular weight is 527 g/mol. The molecule has 4 rings (SSSR count). The van der Waals surface area contributed by atoms with E-state index in [4.69, 9.17) is 11.6 Å². The molecular weight excluding hydrogens is 500 g/mol. The zero-order chi connectivity index (χ0) is 25.9. The quantitative estimate of drug-likeness (QED) is 0.478. The summed E-state index contributed by atoms with van der Waals surface area (Å²) in [5.41, 5.74) is 3.11. The molecule has 36 heavy (non-hydrogen) atoms. The Kier molecular flexibility index (Phi) is 7.61. The number of nitrogens with one attached hydrogen (secondary N) is 1. The van der Waals surface area contributed by atoms with Gasteiger partial charge in [-0.1, -0.05) is 35.4 Å². The number of carbonyl (C=O) groups excluding carboxylic acids is 2. The van der Waals surface area contributed by atoms with Crippen molar-refractivity contribution in [1.29, 1.82) is 0 Å². The van der Waals surface area contributed by atoms with Crippen molar-refractivity contribution < 1.29 is 18.0 Å². The molecule has 2 heterocycles. The number of rotatable bonds is 8. The van der Waals surface area contributed by atoms with Gasteiger partial charge in [-0.15, -0.1) is 0 Å². The number of pyridine rings is 1. The summed E-state index contributed by atoms with van der Waals surface area (Å²) >= 11 is 6.27. The molecule has 0 aliphatic carbocycles. The monoisotopic (exact) mass is 526 g/mol. The maximum atomic E-state index is 13.6. The van der Waals surface area contributed by atoms with E-state index in [1.165, 1.54) is 12.1 Å². The maximum absolute atomic E-state index is 13.6. The van der Waals surface area contributed by atoms with Crippen LogP contribution in [0.4, 0.5) is 11.4 Å². The Morgan fingerprint density at radius 2 is 1.86 bits per heavy atom. The molecule has 0 spiro atoms. The molecule has 3 aromatic rings. The lowest BCUT2D eigenvalue weighted by atomic mass is 10.2. The highest BCUT2D eigenvalue weighted by Gasteiger charge is 2.29. The van der Waals surface area contributed by atoms with Crippen LogP contribution in [0.2, 0.25) is 5.02 Å². The molecule has 0 bridgehead atoms. The molecule has 8 nitrogen and oxygen atoms in total. The van der Waals surface area contributed by atoms with Crippen molar-refractivity contribution in [3.63, 3.8) is 0 Å². The van der Waals surface area contributed by atoms with Crippen molar-refractivity contribution in [2.24, 2.45) is 0 Å². The summed E-state index contributed by atoms with van der Waals surface area (Å²) in [7, 11) is -4.05. The van der Waals surface area contributed by atoms with Gasteiger partial charge in [-0.2, -0.15) is 0 Å². The zero-order valence-electron chi connectivity index (χ0n) is 20.1. The van der Waals surface area contributed by atoms with Gasteiger partial charge in [0.1, 0.15) is 6.54 Å². The minimum atomic E-state index is -4.05. The topological polar surface area (TPSA) is 99.7 Å². The number of anilines is 2. The highest BCUT2D eigenvalue weighted by atomic mass is 35.5. The van der Waals surface area contributed by atoms with Crippen LogP contribution in [-0.4, -0.2) is 38.3 Å². The van der Waals surface area contributed by atoms with Gasteiger partial charge in [0.05, 0.1) is 34.7 Å². The number of aryl methyl sites for hydroxylation is 1. The van der Waals surface area contributed by atoms with E-state index in [-0.39, 0.29) is 17.3 Å². The third-order valence-electron chi connectivity index (χ3n) is 6.06. The first-order chi connectivity index (χ1) is 17.2. The minimum Gasteiger partial charge on any atom is -0.349 e. The molecule has 1 aliphatic rings. The van der Waals surface area contributed by atoms with Crippen LogP contribution >= 0.6 is 11.6 Å². The number of sulfonamides is 1. The molecule has 1 aromatic heterocycles. The smallest absolute Gasteiger partial charge is 0.264 e. The molecule has 0 atom stereocenters. The molecule has 1 aliphatic heterocycles. The number of halogens is 1. The summed E-state index contributed by atoms with van der Waals surface area (Å²) in [6, 6.07) is 14.9. The van der Waals surface area contributed by atoms with Crippen molar-refractivity contribution in [3.05, 3.63) is 82.6 Å². The molecule has 1 saturated heterocycles. The summed E-state index contributed by atoms with van der Waals surface area (Å²) in [6.07, 6.45) is 2.96. The van der Waals surface area contributed by atoms with E-state index in [0.29, 0.717) is 34.9 Å². The normalized spacial score (nSPS) is 13.6. The Labute approximate surface area is 216 Å². The van der Waals surface area contributed by atoms with E-state index in [1.54, 1.807) is 60.5 Å². The summed E-state index contributed by atoms with van der Waals surface area (Å²) in [5, 5.41) is 3.14. The molecule has 2 amide bonds. The van der Waals surface area contributed by atoms with Crippen molar-refractivity contribution in [2.75, 3.05) is 22.3 Å². The lowest BCUT2D eigenvalue weighted by Crippen LogP contribution is -2.41. The Morgan fingerprint density at radius 1 is 1.11 bits per heavy atom. The summed E-state index contributed by atoms with van der Waals surface area (Å²) in [6.45, 7) is 3.93. The molecule has 10 heteroatoms. The number of hydrogen-bond acceptors (Lipinski definition) is 5. The number of carbonyl (C=O) groups is 2. The van der Waals surface area contributed by atoms with Crippen LogP contribution in [0.5, 0.6) is 0 Å². The average Bonchev–Trinajstić information content (AvgIpc) is 3.29. The minimum absolute atomic E-state index is 0.0732. The second-order valence-electron chi connectivity index (χ2n) is 8.64. The number of aromatic nitrogens is 1. The van der Waals surface area contributed by atoms with Crippen molar-refractivity contribution in [3.8, 4) is 0 Å². The SMILES string of the molecule is Cc1ccc(S(=O)(=O)N(CC(=O)NCc2ccc(N3CCCC3=O)cn2)c2cccc(Cl)c2C)cc1. The first-order valence-corrected chi connectivity index (χ1v) is 13.3. The Bertz CT molecular complexity index is 1380. The van der Waals surface area contributed by atoms with Crippen LogP contribution < -0.4 is 14.5 Å². The van der Waals surface area contributed by atoms with Crippen molar-refractivity contribution >= 4 is 44.8 Å². The number of amides is 2. The number of hydrogen-bond donors (Lipinski definition) is 1. The number of benzene rings is 2. The predicted octanol–water partition coefficient (Wildman–Crippen LogP) is 3.99. The van der Waals surface area contributed by atoms with Gasteiger partial charge in [-0.05, 0) is 62.2 Å². The van der Waals surface area contributed by atoms with Crippen LogP contribution in [0.3, 0.4) is 0 Å². The molecule has 0 radical (unpaired) electrons. The fourth-order valence-corrected chi connectivity index (χ4v) is 5.63. The lowest BCUT2D eigenvalue weighted by Gasteiger charge is -2.26. The van der Waals surface area contributed by atoms with E-state index in [1.807, 2.05) is 6.92 Å². The van der Waals surface area contributed by atoms with Gasteiger partial charge in [0, 0.05) is 18.0 Å². The molecular formula is C26H27ClN4O4S. The largest absolute Gasteiger partial charge is 0.349 e. The van der Waals surface area contributed by atoms with Crippen molar-refractivity contribution in [1.82, 2.24) is 10.3 Å². The first kappa shape index (κ1) is 25.7. The van der Waals surface area contributed by atoms with Gasteiger partial charge in [0.2, 0.25) is 11.8 Å². The second kappa shape index (κ2) is 10.7. The van der Waals surface area contributed by atoms with Crippen LogP contribution in [0.25, 0.3) is 0 Å². The van der Waals surface area contributed by atoms with Gasteiger partial charge in [0.15, 0.2) is 0 Å². The van der Waals surface area contributed by atoms with Crippen LogP contribution in [0.1, 0.15) is 29.7 Å². The van der Waals surface area contributed by atoms with Crippen LogP contribution in [0, 0.1) is 13.8 Å². The maximum Gasteiger partial charge on any atom is 0.264 e. The Balaban J connectivity index is 1.52. The van der Waals surface area contributed by atoms with Gasteiger partial charge < -0.3 is 10.2 Å². The molecule has 1 fully saturated rings. The lowest BCUT2D eigenvalue weighted by molar-refractivity contribution is -0.120. The fraction of sp³-hybridized carbons (Fsp3) is 0.269. The first-order valence-electron chi connectivity index (χ1n) is 11.5. The number of nitrogens with zero attached hydrogens (tertiary/aromatic N) is 3. The Morgan fingerprint density at radius 3 is 2.50 bits per heavy atom. The van der Waals surface area contributed by atoms with E-state index < -0.39 is 22.5 Å². The highest BCUT2D eigenvalue weighted by Crippen LogP contribution is 2.31. The van der Waals surface area contributed by atoms with Crippen LogP contribution in [0.15, 0.2) is 65.7 Å². The fourth-order valence-electron chi connectivity index (χ4n) is 3.98. The Hall–Kier alpha value is -3.43. The summed E-state index contributed by atoms with van der Waals surface area (Å²) in [4.78, 5) is 30.9. The van der Waals surface area contributed by atoms with Crippen molar-refractivity contribution in [2.45, 2.75) is 38.1 Å². The summed E-state index contributed by atoms with van der Waals surface area (Å²) < 4.78 is 28.2. The summed E-state index contributed by atoms with van der Waals surface area (Å²) in [5.74, 6) is -0.422. The van der Waals surface area contributed by atoms with Gasteiger partial charge in [0.25, 0.3) is 10.0 Å². The van der Waals surface area contributed by atoms with E-state index >= 15 is 0 Å².